The van der Waals surface area contributed by atoms with Crippen LogP contribution in [0.15, 0.2) is 46.8 Å². The van der Waals surface area contributed by atoms with Gasteiger partial charge in [-0.2, -0.15) is 0 Å². The summed E-state index contributed by atoms with van der Waals surface area (Å²) < 4.78 is 0. The van der Waals surface area contributed by atoms with E-state index in [4.69, 9.17) is 34.4 Å². The number of carbonyl (C=O) groups is 15. The number of aromatic nitrogens is 2. The van der Waals surface area contributed by atoms with Gasteiger partial charge in [0.15, 0.2) is 11.9 Å². The number of nitrogens with one attached hydrogen (secondary N) is 13. The second-order valence-electron chi connectivity index (χ2n) is 29.8. The Labute approximate surface area is 656 Å². The number of aliphatic imine (C=N–C) groups is 2. The normalized spacial score (nSPS) is 17.1. The Bertz CT molecular complexity index is 3630. The maximum Gasteiger partial charge on any atom is 0.326 e. The first kappa shape index (κ1) is 94.2. The van der Waals surface area contributed by atoms with E-state index >= 15 is 4.79 Å². The van der Waals surface area contributed by atoms with Crippen LogP contribution in [0.3, 0.4) is 0 Å². The number of aromatic amines is 1. The summed E-state index contributed by atoms with van der Waals surface area (Å²) in [4.78, 5) is 225. The van der Waals surface area contributed by atoms with Crippen molar-refractivity contribution < 1.29 is 82.1 Å². The van der Waals surface area contributed by atoms with Crippen molar-refractivity contribution in [2.45, 2.75) is 250 Å². The fourth-order valence-electron chi connectivity index (χ4n) is 12.6. The summed E-state index contributed by atoms with van der Waals surface area (Å²) in [6, 6.07) is -12.1. The van der Waals surface area contributed by atoms with E-state index in [1.807, 2.05) is 13.8 Å². The van der Waals surface area contributed by atoms with Gasteiger partial charge < -0.3 is 118 Å². The fraction of sp³-hybridized carbons (Fsp3) is 0.644. The number of nitrogens with two attached hydrogens (primary N) is 6. The molecular formula is C73H119N23O17. The number of carboxylic acids is 1. The van der Waals surface area contributed by atoms with Crippen LogP contribution in [0, 0.1) is 23.7 Å². The molecule has 0 saturated carbocycles. The molecule has 0 unspecified atom stereocenters. The number of aromatic hydroxyl groups is 1. The highest BCUT2D eigenvalue weighted by molar-refractivity contribution is 6.01. The first-order valence-corrected chi connectivity index (χ1v) is 38.3. The van der Waals surface area contributed by atoms with Crippen LogP contribution < -0.4 is 98.2 Å². The van der Waals surface area contributed by atoms with Gasteiger partial charge in [0.1, 0.15) is 84.3 Å². The van der Waals surface area contributed by atoms with E-state index in [0.717, 1.165) is 0 Å². The minimum absolute atomic E-state index is 0.0132. The van der Waals surface area contributed by atoms with E-state index in [1.54, 1.807) is 41.5 Å². The van der Waals surface area contributed by atoms with Gasteiger partial charge in [-0.05, 0) is 132 Å². The van der Waals surface area contributed by atoms with Gasteiger partial charge in [0, 0.05) is 50.8 Å². The lowest BCUT2D eigenvalue weighted by atomic mass is 9.96. The van der Waals surface area contributed by atoms with E-state index in [9.17, 15) is 77.3 Å². The van der Waals surface area contributed by atoms with Gasteiger partial charge in [0.25, 0.3) is 0 Å². The molecule has 14 atom stereocenters. The molecule has 0 radical (unpaired) electrons. The third kappa shape index (κ3) is 32.6. The number of primary amides is 1. The number of hydrogen-bond donors (Lipinski definition) is 21. The van der Waals surface area contributed by atoms with Crippen molar-refractivity contribution in [3.8, 4) is 5.75 Å². The molecule has 2 aliphatic rings. The molecule has 0 bridgehead atoms. The van der Waals surface area contributed by atoms with Crippen LogP contribution in [-0.2, 0) is 84.8 Å². The highest BCUT2D eigenvalue weighted by atomic mass is 16.4. The Morgan fingerprint density at radius 2 is 1.05 bits per heavy atom. The molecule has 628 valence electrons. The van der Waals surface area contributed by atoms with E-state index in [-0.39, 0.29) is 151 Å². The number of hydrogen-bond acceptors (Lipinski definition) is 20. The van der Waals surface area contributed by atoms with Crippen molar-refractivity contribution in [2.75, 3.05) is 26.2 Å². The Morgan fingerprint density at radius 1 is 0.558 bits per heavy atom. The standard InChI is InChI=1S/C73H119N23O17/c1-10-40(8)58(69(110)93-53(71(112)113)31-38(4)5)95-65(106)50(32-42-20-22-44(97)23-21-42)91-67(108)54-19-15-29-96(54)70(111)48(18-14-28-82-73(78)79)88-61(102)46(17-13-27-81-72(76)77)86-59(100)41(9)84-60(101)45(16-11-12-26-74)87-64(105)52(34-55(75)98)92-68(109)57(39(6)7)94-66(107)51(33-43-35-80-36-83-43)90-63(104)49(30-37(2)3)89-62(103)47-24-25-56(99)85-47/h20-23,35-41,45-54,57-58,97H,10-19,24-34,74H2,1-9H3,(H2,75,98)(H,80,83)(H,84,101)(H,85,99)(H,86,100)(H,87,105)(H,88,102)(H,89,103)(H,90,104)(H,91,108)(H,92,109)(H,93,110)(H,94,107)(H,95,106)(H,112,113)(H4,76,77,81)(H4,78,79,82)/t40-,41-,45-,46-,47-,48-,49-,50-,51-,52-,53-,54-,57-,58-/m0/s1. The summed E-state index contributed by atoms with van der Waals surface area (Å²) in [5.74, 6) is -15.2. The Balaban J connectivity index is 1.59. The van der Waals surface area contributed by atoms with E-state index in [0.29, 0.717) is 24.1 Å². The maximum atomic E-state index is 15.0. The summed E-state index contributed by atoms with van der Waals surface area (Å²) in [7, 11) is 0. The van der Waals surface area contributed by atoms with Crippen molar-refractivity contribution in [3.63, 3.8) is 0 Å². The Kier molecular flexibility index (Phi) is 39.3. The molecule has 2 fully saturated rings. The predicted octanol–water partition coefficient (Wildman–Crippen LogP) is -4.49. The second kappa shape index (κ2) is 47.2. The first-order valence-electron chi connectivity index (χ1n) is 38.3. The molecule has 3 heterocycles. The number of nitrogens with zero attached hydrogens (tertiary/aromatic N) is 4. The zero-order chi connectivity index (χ0) is 84.3. The number of phenolic OH excluding ortho intramolecular Hbond substituents is 1. The van der Waals surface area contributed by atoms with Gasteiger partial charge in [-0.15, -0.1) is 0 Å². The number of benzene rings is 1. The summed E-state index contributed by atoms with van der Waals surface area (Å²) in [5.41, 5.74) is 34.8. The average molecular weight is 1590 g/mol. The predicted molar refractivity (Wildman–Crippen MR) is 414 cm³/mol. The number of amides is 14. The third-order valence-corrected chi connectivity index (χ3v) is 19.0. The number of carboxylic acid groups (broad SMARTS) is 1. The first-order chi connectivity index (χ1) is 53.3. The Hall–Kier alpha value is -11.2. The largest absolute Gasteiger partial charge is 0.508 e. The number of aliphatic carboxylic acids is 1. The van der Waals surface area contributed by atoms with Crippen molar-refractivity contribution in [3.05, 3.63) is 48.0 Å². The van der Waals surface area contributed by atoms with Gasteiger partial charge in [-0.1, -0.05) is 73.9 Å². The molecule has 2 aliphatic heterocycles. The molecule has 40 nitrogen and oxygen atoms in total. The number of H-pyrrole nitrogens is 1. The van der Waals surface area contributed by atoms with Crippen LogP contribution in [-0.4, -0.2) is 230 Å². The van der Waals surface area contributed by atoms with Gasteiger partial charge in [0.05, 0.1) is 12.7 Å². The van der Waals surface area contributed by atoms with Crippen LogP contribution in [0.25, 0.3) is 0 Å². The zero-order valence-electron chi connectivity index (χ0n) is 65.9. The lowest BCUT2D eigenvalue weighted by Crippen LogP contribution is -2.61. The van der Waals surface area contributed by atoms with Crippen molar-refractivity contribution in [1.82, 2.24) is 78.7 Å². The minimum atomic E-state index is -1.79. The lowest BCUT2D eigenvalue weighted by Gasteiger charge is -2.31. The van der Waals surface area contributed by atoms with Crippen molar-refractivity contribution in [2.24, 2.45) is 68.1 Å². The second-order valence-corrected chi connectivity index (χ2v) is 29.8. The summed E-state index contributed by atoms with van der Waals surface area (Å²) >= 11 is 0. The molecule has 2 saturated heterocycles. The molecule has 27 N–H and O–H groups in total. The molecule has 113 heavy (non-hydrogen) atoms. The number of likely N-dealkylation sites (tertiary alicyclic amines) is 1. The van der Waals surface area contributed by atoms with E-state index in [2.05, 4.69) is 83.8 Å². The average Bonchev–Trinajstić information content (AvgIpc) is 1.65. The summed E-state index contributed by atoms with van der Waals surface area (Å²) in [6.07, 6.45) is 3.07. The molecule has 4 rings (SSSR count). The van der Waals surface area contributed by atoms with Gasteiger partial charge >= 0.3 is 5.97 Å². The number of carbonyl (C=O) groups excluding carboxylic acids is 14. The molecule has 2 aromatic rings. The highest BCUT2D eigenvalue weighted by Gasteiger charge is 2.42. The highest BCUT2D eigenvalue weighted by Crippen LogP contribution is 2.23. The van der Waals surface area contributed by atoms with Crippen LogP contribution in [0.1, 0.15) is 170 Å². The number of rotatable bonds is 49. The SMILES string of the molecule is CC[C@H](C)[C@H](NC(=O)[C@H](Cc1ccc(O)cc1)NC(=O)[C@@H]1CCCN1C(=O)[C@H](CCCN=C(N)N)NC(=O)[C@H](CCCN=C(N)N)NC(=O)[C@H](C)NC(=O)[C@H](CCCCN)NC(=O)[C@H](CC(N)=O)NC(=O)[C@@H](NC(=O)[C@H](Cc1cnc[nH]1)NC(=O)[C@H](CC(C)C)NC(=O)[C@@H]1CCC(=O)N1)C(C)C)C(=O)N[C@@H](CC(C)C)C(=O)O. The Morgan fingerprint density at radius 3 is 1.59 bits per heavy atom. The quantitative estimate of drug-likeness (QED) is 0.0169. The molecule has 40 heteroatoms. The van der Waals surface area contributed by atoms with Crippen LogP contribution in [0.5, 0.6) is 5.75 Å². The van der Waals surface area contributed by atoms with Gasteiger partial charge in [-0.3, -0.25) is 77.1 Å². The fourth-order valence-corrected chi connectivity index (χ4v) is 12.6. The molecule has 1 aromatic heterocycles. The number of imidazole rings is 1. The summed E-state index contributed by atoms with van der Waals surface area (Å²) in [5, 5.41) is 51.5. The zero-order valence-corrected chi connectivity index (χ0v) is 65.9. The maximum absolute atomic E-state index is 15.0. The van der Waals surface area contributed by atoms with Crippen LogP contribution in [0.4, 0.5) is 0 Å². The molecular weight excluding hydrogens is 1470 g/mol. The van der Waals surface area contributed by atoms with Crippen molar-refractivity contribution in [1.29, 1.82) is 0 Å². The van der Waals surface area contributed by atoms with Crippen LogP contribution >= 0.6 is 0 Å². The van der Waals surface area contributed by atoms with Gasteiger partial charge in [-0.25, -0.2) is 9.78 Å². The van der Waals surface area contributed by atoms with Crippen molar-refractivity contribution >= 4 is 101 Å². The van der Waals surface area contributed by atoms with E-state index in [1.165, 1.54) is 48.6 Å². The smallest absolute Gasteiger partial charge is 0.326 e. The third-order valence-electron chi connectivity index (χ3n) is 19.0. The van der Waals surface area contributed by atoms with E-state index < -0.39 is 180 Å². The molecule has 1 aromatic carbocycles. The topological polar surface area (TPSA) is 654 Å². The lowest BCUT2D eigenvalue weighted by molar-refractivity contribution is -0.143. The molecule has 0 spiro atoms. The number of unbranched alkanes of at least 4 members (excludes halogenated alkanes) is 1. The number of phenols is 1. The minimum Gasteiger partial charge on any atom is -0.508 e. The number of guanidine groups is 2. The van der Waals surface area contributed by atoms with Crippen LogP contribution in [0.2, 0.25) is 0 Å². The molecule has 0 aliphatic carbocycles. The summed E-state index contributed by atoms with van der Waals surface area (Å²) in [6.45, 7) is 15.1. The van der Waals surface area contributed by atoms with Gasteiger partial charge in [0.2, 0.25) is 82.7 Å². The molecule has 14 amide bonds. The monoisotopic (exact) mass is 1590 g/mol.